The van der Waals surface area contributed by atoms with Gasteiger partial charge >= 0.3 is 0 Å². The van der Waals surface area contributed by atoms with E-state index in [1.54, 1.807) is 0 Å². The predicted molar refractivity (Wildman–Crippen MR) is 251 cm³/mol. The summed E-state index contributed by atoms with van der Waals surface area (Å²) in [5.74, 6) is 0.581. The highest BCUT2D eigenvalue weighted by Crippen LogP contribution is 2.45. The summed E-state index contributed by atoms with van der Waals surface area (Å²) in [5.41, 5.74) is 13.9. The number of para-hydroxylation sites is 1. The van der Waals surface area contributed by atoms with E-state index in [0.29, 0.717) is 5.89 Å². The summed E-state index contributed by atoms with van der Waals surface area (Å²) in [4.78, 5) is 7.42. The van der Waals surface area contributed by atoms with Crippen molar-refractivity contribution in [3.8, 4) is 44.8 Å². The van der Waals surface area contributed by atoms with Crippen molar-refractivity contribution in [2.45, 2.75) is 0 Å². The van der Waals surface area contributed by atoms with Crippen molar-refractivity contribution in [3.05, 3.63) is 206 Å². The Kier molecular flexibility index (Phi) is 8.00. The molecule has 12 aromatic rings. The SMILES string of the molecule is c1ccc(-c2ccc(N(c3ccc(-c4c5nc(-c6ccccc6)oc5cc5c4oc4ccccc45)cc3)c3ccc(-c4cccc5sc6ccccc6c45)cc3)cc2)cc1. The lowest BCUT2D eigenvalue weighted by Gasteiger charge is -2.26. The van der Waals surface area contributed by atoms with Crippen LogP contribution < -0.4 is 4.90 Å². The van der Waals surface area contributed by atoms with Crippen LogP contribution in [0.25, 0.3) is 98.0 Å². The molecule has 0 saturated carbocycles. The van der Waals surface area contributed by atoms with E-state index in [1.807, 2.05) is 59.9 Å². The molecule has 60 heavy (non-hydrogen) atoms. The van der Waals surface area contributed by atoms with Gasteiger partial charge in [0, 0.05) is 53.6 Å². The molecule has 0 bridgehead atoms. The molecule has 0 aliphatic carbocycles. The van der Waals surface area contributed by atoms with Gasteiger partial charge in [-0.2, -0.15) is 0 Å². The van der Waals surface area contributed by atoms with Crippen molar-refractivity contribution >= 4 is 81.6 Å². The van der Waals surface area contributed by atoms with Crippen LogP contribution >= 0.6 is 11.3 Å². The summed E-state index contributed by atoms with van der Waals surface area (Å²) in [5, 5.41) is 4.66. The summed E-state index contributed by atoms with van der Waals surface area (Å²) in [6, 6.07) is 72.7. The maximum atomic E-state index is 6.63. The fourth-order valence-corrected chi connectivity index (χ4v) is 9.81. The van der Waals surface area contributed by atoms with E-state index >= 15 is 0 Å². The minimum Gasteiger partial charge on any atom is -0.455 e. The third-order valence-electron chi connectivity index (χ3n) is 11.5. The Bertz CT molecular complexity index is 3510. The van der Waals surface area contributed by atoms with Crippen LogP contribution in [0, 0.1) is 0 Å². The van der Waals surface area contributed by atoms with Gasteiger partial charge in [0.25, 0.3) is 0 Å². The van der Waals surface area contributed by atoms with Crippen molar-refractivity contribution in [3.63, 3.8) is 0 Å². The molecule has 0 unspecified atom stereocenters. The number of thiophene rings is 1. The van der Waals surface area contributed by atoms with E-state index in [9.17, 15) is 0 Å². The number of aromatic nitrogens is 1. The van der Waals surface area contributed by atoms with Crippen molar-refractivity contribution in [1.29, 1.82) is 0 Å². The van der Waals surface area contributed by atoms with Gasteiger partial charge in [-0.3, -0.25) is 0 Å². The molecule has 5 heteroatoms. The molecule has 4 nitrogen and oxygen atoms in total. The van der Waals surface area contributed by atoms with Gasteiger partial charge in [-0.15, -0.1) is 11.3 Å². The number of oxazole rings is 1. The van der Waals surface area contributed by atoms with Crippen molar-refractivity contribution in [1.82, 2.24) is 4.98 Å². The van der Waals surface area contributed by atoms with Crippen LogP contribution in [0.1, 0.15) is 0 Å². The first-order chi connectivity index (χ1) is 29.7. The lowest BCUT2D eigenvalue weighted by Crippen LogP contribution is -2.09. The molecule has 12 rings (SSSR count). The molecular weight excluding hydrogens is 753 g/mol. The molecule has 0 aliphatic rings. The molecule has 3 aromatic heterocycles. The van der Waals surface area contributed by atoms with E-state index in [2.05, 4.69) is 163 Å². The Labute approximate surface area is 349 Å². The average Bonchev–Trinajstić information content (AvgIpc) is 4.03. The highest BCUT2D eigenvalue weighted by molar-refractivity contribution is 7.25. The predicted octanol–water partition coefficient (Wildman–Crippen LogP) is 16.2. The summed E-state index contributed by atoms with van der Waals surface area (Å²) < 4.78 is 15.7. The Morgan fingerprint density at radius 3 is 1.68 bits per heavy atom. The third kappa shape index (κ3) is 5.70. The molecule has 9 aromatic carbocycles. The number of nitrogens with zero attached hydrogens (tertiary/aromatic N) is 2. The first kappa shape index (κ1) is 34.3. The van der Waals surface area contributed by atoms with E-state index in [-0.39, 0.29) is 0 Å². The van der Waals surface area contributed by atoms with Crippen molar-refractivity contribution in [2.24, 2.45) is 0 Å². The zero-order chi connectivity index (χ0) is 39.6. The Morgan fingerprint density at radius 1 is 0.400 bits per heavy atom. The number of fused-ring (bicyclic) bond motifs is 7. The molecule has 0 aliphatic heterocycles. The number of hydrogen-bond donors (Lipinski definition) is 0. The molecule has 0 fully saturated rings. The van der Waals surface area contributed by atoms with Gasteiger partial charge in [0.15, 0.2) is 5.58 Å². The van der Waals surface area contributed by atoms with E-state index in [4.69, 9.17) is 13.8 Å². The fourth-order valence-electron chi connectivity index (χ4n) is 8.68. The zero-order valence-electron chi connectivity index (χ0n) is 32.2. The van der Waals surface area contributed by atoms with Crippen LogP contribution in [0.2, 0.25) is 0 Å². The molecule has 0 saturated heterocycles. The maximum absolute atomic E-state index is 6.63. The largest absolute Gasteiger partial charge is 0.455 e. The van der Waals surface area contributed by atoms with E-state index < -0.39 is 0 Å². The monoisotopic (exact) mass is 786 g/mol. The number of rotatable bonds is 7. The second kappa shape index (κ2) is 14.0. The van der Waals surface area contributed by atoms with Gasteiger partial charge < -0.3 is 13.7 Å². The smallest absolute Gasteiger partial charge is 0.227 e. The van der Waals surface area contributed by atoms with E-state index in [0.717, 1.165) is 66.8 Å². The minimum atomic E-state index is 0.581. The zero-order valence-corrected chi connectivity index (χ0v) is 33.1. The van der Waals surface area contributed by atoms with Crippen LogP contribution in [0.5, 0.6) is 0 Å². The summed E-state index contributed by atoms with van der Waals surface area (Å²) in [7, 11) is 0. The average molecular weight is 787 g/mol. The maximum Gasteiger partial charge on any atom is 0.227 e. The van der Waals surface area contributed by atoms with Crippen molar-refractivity contribution < 1.29 is 8.83 Å². The lowest BCUT2D eigenvalue weighted by atomic mass is 9.98. The van der Waals surface area contributed by atoms with Gasteiger partial charge in [0.05, 0.1) is 5.56 Å². The van der Waals surface area contributed by atoms with Gasteiger partial charge in [0.1, 0.15) is 16.7 Å². The minimum absolute atomic E-state index is 0.581. The molecule has 0 atom stereocenters. The molecule has 0 radical (unpaired) electrons. The van der Waals surface area contributed by atoms with Crippen LogP contribution in [-0.2, 0) is 0 Å². The molecule has 0 amide bonds. The Morgan fingerprint density at radius 2 is 0.967 bits per heavy atom. The molecule has 0 N–H and O–H groups in total. The van der Waals surface area contributed by atoms with Crippen LogP contribution in [0.15, 0.2) is 215 Å². The number of furan rings is 1. The molecule has 0 spiro atoms. The Hall–Kier alpha value is -7.73. The summed E-state index contributed by atoms with van der Waals surface area (Å²) in [6.45, 7) is 0. The number of hydrogen-bond acceptors (Lipinski definition) is 5. The van der Waals surface area contributed by atoms with Gasteiger partial charge in [0.2, 0.25) is 5.89 Å². The number of anilines is 3. The highest BCUT2D eigenvalue weighted by atomic mass is 32.1. The van der Waals surface area contributed by atoms with Gasteiger partial charge in [-0.05, 0) is 101 Å². The van der Waals surface area contributed by atoms with Gasteiger partial charge in [-0.1, -0.05) is 133 Å². The second-order valence-corrected chi connectivity index (χ2v) is 16.2. The van der Waals surface area contributed by atoms with Crippen molar-refractivity contribution in [2.75, 3.05) is 4.90 Å². The molecular formula is C55H34N2O2S. The quantitative estimate of drug-likeness (QED) is 0.161. The summed E-state index contributed by atoms with van der Waals surface area (Å²) >= 11 is 1.85. The topological polar surface area (TPSA) is 42.4 Å². The molecule has 3 heterocycles. The molecule has 282 valence electrons. The van der Waals surface area contributed by atoms with Crippen LogP contribution in [0.4, 0.5) is 17.1 Å². The first-order valence-electron chi connectivity index (χ1n) is 20.1. The van der Waals surface area contributed by atoms with Crippen LogP contribution in [-0.4, -0.2) is 4.98 Å². The normalized spacial score (nSPS) is 11.7. The lowest BCUT2D eigenvalue weighted by molar-refractivity contribution is 0.620. The fraction of sp³-hybridized carbons (Fsp3) is 0. The first-order valence-corrected chi connectivity index (χ1v) is 20.9. The standard InChI is InChI=1S/C55H34N2O2S/c1-3-12-35(13-4-1)36-22-28-40(29-23-36)57(41-30-24-37(25-31-41)43-18-11-21-50-52(43)45-17-8-10-20-49(45)60-50)42-32-26-38(27-33-42)51-53-48(59-55(56-53)39-14-5-2-6-15-39)34-46-44-16-7-9-19-47(44)58-54(46)51/h1-34H. The summed E-state index contributed by atoms with van der Waals surface area (Å²) in [6.07, 6.45) is 0. The Balaban J connectivity index is 0.990. The number of benzene rings is 9. The second-order valence-electron chi connectivity index (χ2n) is 15.1. The van der Waals surface area contributed by atoms with E-state index in [1.165, 1.54) is 42.4 Å². The van der Waals surface area contributed by atoms with Gasteiger partial charge in [-0.25, -0.2) is 4.98 Å². The third-order valence-corrected chi connectivity index (χ3v) is 12.7. The van der Waals surface area contributed by atoms with Crippen LogP contribution in [0.3, 0.4) is 0 Å². The highest BCUT2D eigenvalue weighted by Gasteiger charge is 2.22.